The van der Waals surface area contributed by atoms with Gasteiger partial charge in [0.25, 0.3) is 0 Å². The number of nitrogens with one attached hydrogen (secondary N) is 2. The monoisotopic (exact) mass is 336 g/mol. The topological polar surface area (TPSA) is 91.4 Å². The molecule has 0 radical (unpaired) electrons. The molecule has 1 aliphatic heterocycles. The Morgan fingerprint density at radius 3 is 2.72 bits per heavy atom. The second-order valence-corrected chi connectivity index (χ2v) is 6.00. The first-order chi connectivity index (χ1) is 12.1. The lowest BCUT2D eigenvalue weighted by Gasteiger charge is -2.23. The SMILES string of the molecule is COc1cccc2[nH]c(C(=O)C3(C(=O)O)NCc4ccccc43)cc12. The van der Waals surface area contributed by atoms with Crippen LogP contribution in [0.3, 0.4) is 0 Å². The molecule has 6 nitrogen and oxygen atoms in total. The fraction of sp³-hybridized carbons (Fsp3) is 0.158. The maximum Gasteiger partial charge on any atom is 0.336 e. The molecule has 6 heteroatoms. The molecular formula is C19H16N2O4. The number of carboxylic acids is 1. The number of aromatic nitrogens is 1. The first-order valence-electron chi connectivity index (χ1n) is 7.85. The molecule has 126 valence electrons. The van der Waals surface area contributed by atoms with E-state index in [1.165, 1.54) is 0 Å². The predicted molar refractivity (Wildman–Crippen MR) is 91.8 cm³/mol. The van der Waals surface area contributed by atoms with E-state index in [9.17, 15) is 14.7 Å². The highest BCUT2D eigenvalue weighted by atomic mass is 16.5. The summed E-state index contributed by atoms with van der Waals surface area (Å²) in [5.41, 5.74) is 0.454. The number of Topliss-reactive ketones (excluding diaryl/α,β-unsaturated/α-hetero) is 1. The molecule has 0 fully saturated rings. The molecular weight excluding hydrogens is 320 g/mol. The molecule has 0 saturated carbocycles. The van der Waals surface area contributed by atoms with Crippen molar-refractivity contribution in [3.8, 4) is 5.75 Å². The van der Waals surface area contributed by atoms with Crippen LogP contribution in [0.25, 0.3) is 10.9 Å². The number of fused-ring (bicyclic) bond motifs is 2. The Morgan fingerprint density at radius 1 is 1.16 bits per heavy atom. The largest absolute Gasteiger partial charge is 0.496 e. The third-order valence-electron chi connectivity index (χ3n) is 4.72. The van der Waals surface area contributed by atoms with Crippen LogP contribution in [0.15, 0.2) is 48.5 Å². The average Bonchev–Trinajstić information content (AvgIpc) is 3.23. The minimum Gasteiger partial charge on any atom is -0.496 e. The van der Waals surface area contributed by atoms with Crippen molar-refractivity contribution < 1.29 is 19.4 Å². The lowest BCUT2D eigenvalue weighted by molar-refractivity contribution is -0.142. The van der Waals surface area contributed by atoms with E-state index >= 15 is 0 Å². The second kappa shape index (κ2) is 5.46. The molecule has 2 heterocycles. The number of aromatic amines is 1. The second-order valence-electron chi connectivity index (χ2n) is 6.00. The highest BCUT2D eigenvalue weighted by Crippen LogP contribution is 2.36. The van der Waals surface area contributed by atoms with Gasteiger partial charge in [-0.2, -0.15) is 0 Å². The van der Waals surface area contributed by atoms with Crippen molar-refractivity contribution >= 4 is 22.7 Å². The van der Waals surface area contributed by atoms with Crippen molar-refractivity contribution in [2.45, 2.75) is 12.1 Å². The molecule has 0 spiro atoms. The van der Waals surface area contributed by atoms with Gasteiger partial charge in [-0.05, 0) is 29.3 Å². The minimum absolute atomic E-state index is 0.228. The van der Waals surface area contributed by atoms with Crippen LogP contribution < -0.4 is 10.1 Å². The summed E-state index contributed by atoms with van der Waals surface area (Å²) in [5, 5.41) is 13.5. The Kier molecular flexibility index (Phi) is 3.36. The van der Waals surface area contributed by atoms with E-state index < -0.39 is 17.3 Å². The average molecular weight is 336 g/mol. The van der Waals surface area contributed by atoms with Gasteiger partial charge in [-0.1, -0.05) is 30.3 Å². The van der Waals surface area contributed by atoms with E-state index in [2.05, 4.69) is 10.3 Å². The number of carbonyl (C=O) groups excluding carboxylic acids is 1. The number of carboxylic acid groups (broad SMARTS) is 1. The van der Waals surface area contributed by atoms with Gasteiger partial charge >= 0.3 is 5.97 Å². The fourth-order valence-electron chi connectivity index (χ4n) is 3.48. The molecule has 1 atom stereocenters. The summed E-state index contributed by atoms with van der Waals surface area (Å²) >= 11 is 0. The molecule has 1 aliphatic rings. The standard InChI is InChI=1S/C19H16N2O4/c1-25-16-8-4-7-14-12(16)9-15(21-14)17(22)19(18(23)24)13-6-3-2-5-11(13)10-20-19/h2-9,20-21H,10H2,1H3,(H,23,24). The van der Waals surface area contributed by atoms with Gasteiger partial charge in [-0.15, -0.1) is 0 Å². The third kappa shape index (κ3) is 2.08. The molecule has 25 heavy (non-hydrogen) atoms. The van der Waals surface area contributed by atoms with Gasteiger partial charge in [-0.3, -0.25) is 10.1 Å². The highest BCUT2D eigenvalue weighted by Gasteiger charge is 2.52. The molecule has 0 aliphatic carbocycles. The summed E-state index contributed by atoms with van der Waals surface area (Å²) in [5.74, 6) is -1.12. The van der Waals surface area contributed by atoms with Gasteiger partial charge in [-0.25, -0.2) is 4.79 Å². The van der Waals surface area contributed by atoms with E-state index in [0.29, 0.717) is 17.9 Å². The maximum atomic E-state index is 13.2. The van der Waals surface area contributed by atoms with Gasteiger partial charge in [0.2, 0.25) is 11.3 Å². The smallest absolute Gasteiger partial charge is 0.336 e. The Morgan fingerprint density at radius 2 is 1.96 bits per heavy atom. The Labute approximate surface area is 143 Å². The molecule has 2 aromatic carbocycles. The quantitative estimate of drug-likeness (QED) is 0.503. The van der Waals surface area contributed by atoms with Crippen molar-refractivity contribution in [3.63, 3.8) is 0 Å². The van der Waals surface area contributed by atoms with Crippen LogP contribution in [0, 0.1) is 0 Å². The molecule has 0 saturated heterocycles. The number of H-pyrrole nitrogens is 1. The zero-order valence-corrected chi connectivity index (χ0v) is 13.5. The van der Waals surface area contributed by atoms with Crippen LogP contribution in [0.2, 0.25) is 0 Å². The molecule has 4 rings (SSSR count). The molecule has 3 N–H and O–H groups in total. The number of carbonyl (C=O) groups is 2. The summed E-state index contributed by atoms with van der Waals surface area (Å²) in [7, 11) is 1.55. The van der Waals surface area contributed by atoms with Crippen molar-refractivity contribution in [2.24, 2.45) is 0 Å². The van der Waals surface area contributed by atoms with E-state index in [-0.39, 0.29) is 5.69 Å². The number of hydrogen-bond acceptors (Lipinski definition) is 4. The Hall–Kier alpha value is -3.12. The first-order valence-corrected chi connectivity index (χ1v) is 7.85. The maximum absolute atomic E-state index is 13.2. The normalized spacial score (nSPS) is 18.9. The van der Waals surface area contributed by atoms with Crippen LogP contribution in [0.4, 0.5) is 0 Å². The third-order valence-corrected chi connectivity index (χ3v) is 4.72. The number of hydrogen-bond donors (Lipinski definition) is 3. The van der Waals surface area contributed by atoms with Gasteiger partial charge in [0.15, 0.2) is 0 Å². The van der Waals surface area contributed by atoms with Crippen LogP contribution in [0.1, 0.15) is 21.6 Å². The highest BCUT2D eigenvalue weighted by molar-refractivity contribution is 6.17. The predicted octanol–water partition coefficient (Wildman–Crippen LogP) is 2.44. The zero-order chi connectivity index (χ0) is 17.6. The summed E-state index contributed by atoms with van der Waals surface area (Å²) < 4.78 is 5.31. The van der Waals surface area contributed by atoms with E-state index in [1.807, 2.05) is 24.3 Å². The fourth-order valence-corrected chi connectivity index (χ4v) is 3.48. The zero-order valence-electron chi connectivity index (χ0n) is 13.5. The summed E-state index contributed by atoms with van der Waals surface area (Å²) in [6, 6.07) is 14.1. The van der Waals surface area contributed by atoms with Gasteiger partial charge < -0.3 is 14.8 Å². The van der Waals surface area contributed by atoms with Crippen molar-refractivity contribution in [2.75, 3.05) is 7.11 Å². The number of ketones is 1. The van der Waals surface area contributed by atoms with E-state index in [0.717, 1.165) is 16.5 Å². The summed E-state index contributed by atoms with van der Waals surface area (Å²) in [4.78, 5) is 28.4. The van der Waals surface area contributed by atoms with E-state index in [1.54, 1.807) is 31.4 Å². The first kappa shape index (κ1) is 15.4. The molecule has 0 amide bonds. The minimum atomic E-state index is -1.79. The van der Waals surface area contributed by atoms with Gasteiger partial charge in [0, 0.05) is 17.4 Å². The lowest BCUT2D eigenvalue weighted by Crippen LogP contribution is -2.51. The Balaban J connectivity index is 1.88. The summed E-state index contributed by atoms with van der Waals surface area (Å²) in [6.07, 6.45) is 0. The number of methoxy groups -OCH3 is 1. The van der Waals surface area contributed by atoms with Crippen molar-refractivity contribution in [1.29, 1.82) is 0 Å². The van der Waals surface area contributed by atoms with Crippen molar-refractivity contribution in [1.82, 2.24) is 10.3 Å². The number of rotatable bonds is 4. The Bertz CT molecular complexity index is 1010. The summed E-state index contributed by atoms with van der Waals surface area (Å²) in [6.45, 7) is 0.331. The van der Waals surface area contributed by atoms with E-state index in [4.69, 9.17) is 4.74 Å². The van der Waals surface area contributed by atoms with Crippen LogP contribution in [-0.2, 0) is 16.9 Å². The van der Waals surface area contributed by atoms with Gasteiger partial charge in [0.1, 0.15) is 5.75 Å². The number of benzene rings is 2. The van der Waals surface area contributed by atoms with Crippen LogP contribution in [0.5, 0.6) is 5.75 Å². The molecule has 1 aromatic heterocycles. The number of aliphatic carboxylic acids is 1. The lowest BCUT2D eigenvalue weighted by atomic mass is 9.85. The number of ether oxygens (including phenoxy) is 1. The van der Waals surface area contributed by atoms with Crippen molar-refractivity contribution in [3.05, 3.63) is 65.4 Å². The van der Waals surface area contributed by atoms with Crippen LogP contribution in [-0.4, -0.2) is 29.0 Å². The van der Waals surface area contributed by atoms with Gasteiger partial charge in [0.05, 0.1) is 12.8 Å². The molecule has 1 unspecified atom stereocenters. The van der Waals surface area contributed by atoms with Crippen LogP contribution >= 0.6 is 0 Å². The molecule has 0 bridgehead atoms. The molecule has 3 aromatic rings.